The minimum absolute atomic E-state index is 0.310. The Morgan fingerprint density at radius 1 is 1.42 bits per heavy atom. The van der Waals surface area contributed by atoms with Crippen molar-refractivity contribution in [2.75, 3.05) is 45.7 Å². The average molecular weight is 266 g/mol. The van der Waals surface area contributed by atoms with E-state index in [2.05, 4.69) is 10.2 Å². The van der Waals surface area contributed by atoms with E-state index in [4.69, 9.17) is 9.84 Å². The molecule has 0 bridgehead atoms. The second-order valence-corrected chi connectivity index (χ2v) is 4.58. The first-order valence-corrected chi connectivity index (χ1v) is 6.30. The van der Waals surface area contributed by atoms with Gasteiger partial charge in [-0.1, -0.05) is 6.07 Å². The van der Waals surface area contributed by atoms with Crippen LogP contribution in [0.3, 0.4) is 0 Å². The van der Waals surface area contributed by atoms with Crippen LogP contribution < -0.4 is 5.32 Å². The molecule has 0 aliphatic heterocycles. The van der Waals surface area contributed by atoms with Gasteiger partial charge in [0.25, 0.3) is 0 Å². The molecule has 0 atom stereocenters. The van der Waals surface area contributed by atoms with Gasteiger partial charge in [-0.25, -0.2) is 4.79 Å². The standard InChI is InChI=1S/C14H22N2O3/c1-11-4-5-12(14(17)18)13(10-11)15-6-7-16(2)8-9-19-3/h4-5,10,15H,6-9H2,1-3H3,(H,17,18). The third kappa shape index (κ3) is 5.28. The van der Waals surface area contributed by atoms with Gasteiger partial charge in [-0.15, -0.1) is 0 Å². The Hall–Kier alpha value is -1.59. The number of aryl methyl sites for hydroxylation is 1. The zero-order valence-corrected chi connectivity index (χ0v) is 11.8. The lowest BCUT2D eigenvalue weighted by Crippen LogP contribution is -2.28. The summed E-state index contributed by atoms with van der Waals surface area (Å²) in [6.45, 7) is 5.03. The molecule has 106 valence electrons. The van der Waals surface area contributed by atoms with Gasteiger partial charge in [-0.3, -0.25) is 0 Å². The molecule has 0 heterocycles. The highest BCUT2D eigenvalue weighted by atomic mass is 16.5. The summed E-state index contributed by atoms with van der Waals surface area (Å²) in [6, 6.07) is 5.30. The lowest BCUT2D eigenvalue weighted by Gasteiger charge is -2.17. The van der Waals surface area contributed by atoms with Gasteiger partial charge in [0.15, 0.2) is 0 Å². The Morgan fingerprint density at radius 3 is 2.79 bits per heavy atom. The molecule has 5 nitrogen and oxygen atoms in total. The van der Waals surface area contributed by atoms with E-state index >= 15 is 0 Å². The first-order valence-electron chi connectivity index (χ1n) is 6.30. The van der Waals surface area contributed by atoms with Crippen molar-refractivity contribution in [2.24, 2.45) is 0 Å². The molecule has 0 radical (unpaired) electrons. The number of likely N-dealkylation sites (N-methyl/N-ethyl adjacent to an activating group) is 1. The SMILES string of the molecule is COCCN(C)CCNc1cc(C)ccc1C(=O)O. The number of rotatable bonds is 8. The van der Waals surface area contributed by atoms with E-state index < -0.39 is 5.97 Å². The Labute approximate surface area is 114 Å². The van der Waals surface area contributed by atoms with E-state index in [-0.39, 0.29) is 0 Å². The van der Waals surface area contributed by atoms with Crippen LogP contribution in [-0.2, 0) is 4.74 Å². The average Bonchev–Trinajstić information content (AvgIpc) is 2.36. The first kappa shape index (κ1) is 15.5. The summed E-state index contributed by atoms with van der Waals surface area (Å²) in [4.78, 5) is 13.2. The second-order valence-electron chi connectivity index (χ2n) is 4.58. The molecule has 0 fully saturated rings. The van der Waals surface area contributed by atoms with Crippen LogP contribution in [0.15, 0.2) is 18.2 Å². The predicted octanol–water partition coefficient (Wildman–Crippen LogP) is 1.68. The van der Waals surface area contributed by atoms with Gasteiger partial charge >= 0.3 is 5.97 Å². The molecule has 0 aliphatic rings. The van der Waals surface area contributed by atoms with Crippen molar-refractivity contribution in [1.82, 2.24) is 4.90 Å². The summed E-state index contributed by atoms with van der Waals surface area (Å²) < 4.78 is 5.00. The summed E-state index contributed by atoms with van der Waals surface area (Å²) >= 11 is 0. The highest BCUT2D eigenvalue weighted by Gasteiger charge is 2.09. The van der Waals surface area contributed by atoms with Crippen molar-refractivity contribution in [3.63, 3.8) is 0 Å². The largest absolute Gasteiger partial charge is 0.478 e. The number of carbonyl (C=O) groups is 1. The second kappa shape index (κ2) is 7.76. The van der Waals surface area contributed by atoms with Crippen LogP contribution in [0.1, 0.15) is 15.9 Å². The summed E-state index contributed by atoms with van der Waals surface area (Å²) in [6.07, 6.45) is 0. The highest BCUT2D eigenvalue weighted by molar-refractivity contribution is 5.94. The Morgan fingerprint density at radius 2 is 2.16 bits per heavy atom. The maximum atomic E-state index is 11.1. The van der Waals surface area contributed by atoms with Crippen LogP contribution in [0.2, 0.25) is 0 Å². The smallest absolute Gasteiger partial charge is 0.337 e. The molecule has 1 rings (SSSR count). The van der Waals surface area contributed by atoms with Gasteiger partial charge in [0, 0.05) is 32.4 Å². The van der Waals surface area contributed by atoms with Crippen molar-refractivity contribution in [1.29, 1.82) is 0 Å². The molecule has 1 aromatic carbocycles. The fourth-order valence-electron chi connectivity index (χ4n) is 1.73. The van der Waals surface area contributed by atoms with Crippen LogP contribution in [0.4, 0.5) is 5.69 Å². The normalized spacial score (nSPS) is 10.7. The molecular weight excluding hydrogens is 244 g/mol. The number of nitrogens with one attached hydrogen (secondary N) is 1. The number of ether oxygens (including phenoxy) is 1. The van der Waals surface area contributed by atoms with E-state index in [0.29, 0.717) is 24.4 Å². The Kier molecular flexibility index (Phi) is 6.32. The predicted molar refractivity (Wildman–Crippen MR) is 76.0 cm³/mol. The van der Waals surface area contributed by atoms with Gasteiger partial charge in [0.1, 0.15) is 0 Å². The summed E-state index contributed by atoms with van der Waals surface area (Å²) in [5, 5.41) is 12.3. The molecule has 19 heavy (non-hydrogen) atoms. The van der Waals surface area contributed by atoms with Crippen molar-refractivity contribution in [3.8, 4) is 0 Å². The maximum absolute atomic E-state index is 11.1. The number of hydrogen-bond acceptors (Lipinski definition) is 4. The maximum Gasteiger partial charge on any atom is 0.337 e. The molecule has 0 aromatic heterocycles. The topological polar surface area (TPSA) is 61.8 Å². The number of hydrogen-bond donors (Lipinski definition) is 2. The summed E-state index contributed by atoms with van der Waals surface area (Å²) in [5.41, 5.74) is 2.03. The Balaban J connectivity index is 2.52. The fraction of sp³-hybridized carbons (Fsp3) is 0.500. The zero-order chi connectivity index (χ0) is 14.3. The molecule has 0 unspecified atom stereocenters. The van der Waals surface area contributed by atoms with E-state index in [1.54, 1.807) is 19.2 Å². The number of anilines is 1. The monoisotopic (exact) mass is 266 g/mol. The lowest BCUT2D eigenvalue weighted by atomic mass is 10.1. The van der Waals surface area contributed by atoms with E-state index in [9.17, 15) is 4.79 Å². The quantitative estimate of drug-likeness (QED) is 0.749. The highest BCUT2D eigenvalue weighted by Crippen LogP contribution is 2.17. The Bertz CT molecular complexity index is 421. The number of carboxylic acid groups (broad SMARTS) is 1. The lowest BCUT2D eigenvalue weighted by molar-refractivity contribution is 0.0698. The molecule has 0 spiro atoms. The van der Waals surface area contributed by atoms with Gasteiger partial charge in [-0.2, -0.15) is 0 Å². The third-order valence-electron chi connectivity index (χ3n) is 2.89. The molecule has 2 N–H and O–H groups in total. The zero-order valence-electron chi connectivity index (χ0n) is 11.8. The van der Waals surface area contributed by atoms with Crippen molar-refractivity contribution >= 4 is 11.7 Å². The van der Waals surface area contributed by atoms with E-state index in [1.165, 1.54) is 0 Å². The van der Waals surface area contributed by atoms with Gasteiger partial charge < -0.3 is 20.1 Å². The summed E-state index contributed by atoms with van der Waals surface area (Å²) in [7, 11) is 3.69. The number of aromatic carboxylic acids is 1. The van der Waals surface area contributed by atoms with E-state index in [1.807, 2.05) is 20.0 Å². The molecule has 1 aromatic rings. The van der Waals surface area contributed by atoms with Crippen LogP contribution in [-0.4, -0.2) is 56.4 Å². The minimum atomic E-state index is -0.907. The molecular formula is C14H22N2O3. The molecule has 5 heteroatoms. The number of carboxylic acids is 1. The van der Waals surface area contributed by atoms with Crippen molar-refractivity contribution in [2.45, 2.75) is 6.92 Å². The summed E-state index contributed by atoms with van der Waals surface area (Å²) in [5.74, 6) is -0.907. The van der Waals surface area contributed by atoms with Crippen LogP contribution in [0.5, 0.6) is 0 Å². The molecule has 0 saturated carbocycles. The number of nitrogens with zero attached hydrogens (tertiary/aromatic N) is 1. The van der Waals surface area contributed by atoms with Crippen molar-refractivity contribution in [3.05, 3.63) is 29.3 Å². The molecule has 0 saturated heterocycles. The van der Waals surface area contributed by atoms with Gasteiger partial charge in [0.05, 0.1) is 12.2 Å². The van der Waals surface area contributed by atoms with Crippen molar-refractivity contribution < 1.29 is 14.6 Å². The first-order chi connectivity index (χ1) is 9.04. The van der Waals surface area contributed by atoms with Crippen LogP contribution >= 0.6 is 0 Å². The van der Waals surface area contributed by atoms with E-state index in [0.717, 1.165) is 18.7 Å². The third-order valence-corrected chi connectivity index (χ3v) is 2.89. The van der Waals surface area contributed by atoms with Gasteiger partial charge in [-0.05, 0) is 31.7 Å². The minimum Gasteiger partial charge on any atom is -0.478 e. The van der Waals surface area contributed by atoms with Crippen LogP contribution in [0.25, 0.3) is 0 Å². The molecule has 0 aliphatic carbocycles. The fourth-order valence-corrected chi connectivity index (χ4v) is 1.73. The number of benzene rings is 1. The number of methoxy groups -OCH3 is 1. The van der Waals surface area contributed by atoms with Crippen LogP contribution in [0, 0.1) is 6.92 Å². The molecule has 0 amide bonds. The van der Waals surface area contributed by atoms with Gasteiger partial charge in [0.2, 0.25) is 0 Å².